The summed E-state index contributed by atoms with van der Waals surface area (Å²) < 4.78 is 0. The van der Waals surface area contributed by atoms with E-state index in [-0.39, 0.29) is 6.03 Å². The average molecular weight is 340 g/mol. The molecule has 2 amide bonds. The predicted molar refractivity (Wildman–Crippen MR) is 95.6 cm³/mol. The van der Waals surface area contributed by atoms with Crippen molar-refractivity contribution in [2.75, 3.05) is 6.54 Å². The van der Waals surface area contributed by atoms with Crippen molar-refractivity contribution in [2.45, 2.75) is 38.6 Å². The zero-order valence-electron chi connectivity index (χ0n) is 14.2. The third-order valence-electron chi connectivity index (χ3n) is 4.33. The molecule has 25 heavy (non-hydrogen) atoms. The zero-order chi connectivity index (χ0) is 17.3. The summed E-state index contributed by atoms with van der Waals surface area (Å²) in [5.41, 5.74) is 0.889. The van der Waals surface area contributed by atoms with Crippen LogP contribution in [0.2, 0.25) is 0 Å². The van der Waals surface area contributed by atoms with E-state index >= 15 is 0 Å². The Morgan fingerprint density at radius 2 is 2.00 bits per heavy atom. The van der Waals surface area contributed by atoms with Crippen molar-refractivity contribution in [1.82, 2.24) is 30.8 Å². The molecule has 1 atom stereocenters. The number of carbonyl (C=O) groups is 1. The van der Waals surface area contributed by atoms with Gasteiger partial charge < -0.3 is 10.6 Å². The van der Waals surface area contributed by atoms with Crippen LogP contribution >= 0.6 is 0 Å². The summed E-state index contributed by atoms with van der Waals surface area (Å²) in [4.78, 5) is 20.3. The summed E-state index contributed by atoms with van der Waals surface area (Å²) in [6.45, 7) is 1.04. The molecule has 1 aliphatic rings. The monoisotopic (exact) mass is 340 g/mol. The molecule has 3 rings (SSSR count). The van der Waals surface area contributed by atoms with Crippen molar-refractivity contribution in [1.29, 1.82) is 0 Å². The zero-order valence-corrected chi connectivity index (χ0v) is 14.2. The Hall–Kier alpha value is -2.70. The number of H-pyrrole nitrogens is 1. The van der Waals surface area contributed by atoms with Crippen LogP contribution in [0.4, 0.5) is 4.79 Å². The molecule has 0 aromatic carbocycles. The van der Waals surface area contributed by atoms with Gasteiger partial charge in [-0.15, -0.1) is 0 Å². The number of rotatable bonds is 5. The van der Waals surface area contributed by atoms with E-state index in [0.717, 1.165) is 31.4 Å². The molecule has 7 nitrogen and oxygen atoms in total. The Balaban J connectivity index is 1.42. The Kier molecular flexibility index (Phi) is 6.14. The van der Waals surface area contributed by atoms with E-state index in [1.165, 1.54) is 12.8 Å². The number of hydrogen-bond acceptors (Lipinski definition) is 4. The van der Waals surface area contributed by atoms with Gasteiger partial charge in [0.25, 0.3) is 0 Å². The molecule has 0 saturated heterocycles. The topological polar surface area (TPSA) is 95.6 Å². The van der Waals surface area contributed by atoms with Gasteiger partial charge in [0, 0.05) is 24.5 Å². The SMILES string of the molecule is O=C(NCc1nc(-c2ccncc2)n[nH]1)NCC1CC/C=C\CCC1. The maximum atomic E-state index is 12.0. The van der Waals surface area contributed by atoms with Crippen molar-refractivity contribution in [3.63, 3.8) is 0 Å². The molecule has 0 saturated carbocycles. The Morgan fingerprint density at radius 3 is 2.88 bits per heavy atom. The van der Waals surface area contributed by atoms with Gasteiger partial charge in [-0.05, 0) is 50.2 Å². The highest BCUT2D eigenvalue weighted by Gasteiger charge is 2.11. The van der Waals surface area contributed by atoms with Crippen molar-refractivity contribution in [3.8, 4) is 11.4 Å². The largest absolute Gasteiger partial charge is 0.338 e. The predicted octanol–water partition coefficient (Wildman–Crippen LogP) is 2.80. The molecular formula is C18H24N6O. The summed E-state index contributed by atoms with van der Waals surface area (Å²) in [6, 6.07) is 3.52. The Labute approximate surface area is 147 Å². The van der Waals surface area contributed by atoms with Crippen LogP contribution in [-0.2, 0) is 6.54 Å². The number of nitrogens with one attached hydrogen (secondary N) is 3. The number of pyridine rings is 1. The maximum Gasteiger partial charge on any atom is 0.315 e. The molecule has 7 heteroatoms. The lowest BCUT2D eigenvalue weighted by molar-refractivity contribution is 0.237. The van der Waals surface area contributed by atoms with Crippen LogP contribution in [0.25, 0.3) is 11.4 Å². The van der Waals surface area contributed by atoms with Gasteiger partial charge in [0.1, 0.15) is 5.82 Å². The standard InChI is InChI=1S/C18H24N6O/c25-18(20-12-14-6-4-2-1-3-5-7-14)21-13-16-22-17(24-23-16)15-8-10-19-11-9-15/h1-2,8-11,14H,3-7,12-13H2,(H2,20,21,25)(H,22,23,24)/b2-1-. The number of urea groups is 1. The molecule has 1 unspecified atom stereocenters. The lowest BCUT2D eigenvalue weighted by Gasteiger charge is -2.18. The van der Waals surface area contributed by atoms with Gasteiger partial charge >= 0.3 is 6.03 Å². The number of aromatic amines is 1. The first-order valence-corrected chi connectivity index (χ1v) is 8.79. The number of allylic oxidation sites excluding steroid dienone is 2. The van der Waals surface area contributed by atoms with Crippen LogP contribution in [-0.4, -0.2) is 32.7 Å². The first-order valence-electron chi connectivity index (χ1n) is 8.79. The van der Waals surface area contributed by atoms with E-state index in [1.807, 2.05) is 12.1 Å². The molecule has 0 radical (unpaired) electrons. The minimum absolute atomic E-state index is 0.167. The smallest absolute Gasteiger partial charge is 0.315 e. The van der Waals surface area contributed by atoms with Gasteiger partial charge in [0.05, 0.1) is 6.54 Å². The van der Waals surface area contributed by atoms with E-state index in [9.17, 15) is 4.79 Å². The molecule has 1 aliphatic carbocycles. The molecule has 3 N–H and O–H groups in total. The second-order valence-electron chi connectivity index (χ2n) is 6.25. The second kappa shape index (κ2) is 8.96. The van der Waals surface area contributed by atoms with Gasteiger partial charge in [0.2, 0.25) is 0 Å². The van der Waals surface area contributed by atoms with Crippen LogP contribution in [0.15, 0.2) is 36.7 Å². The van der Waals surface area contributed by atoms with Crippen LogP contribution in [0.5, 0.6) is 0 Å². The highest BCUT2D eigenvalue weighted by Crippen LogP contribution is 2.17. The number of aromatic nitrogens is 4. The van der Waals surface area contributed by atoms with Gasteiger partial charge in [-0.2, -0.15) is 5.10 Å². The van der Waals surface area contributed by atoms with Crippen molar-refractivity contribution in [3.05, 3.63) is 42.5 Å². The van der Waals surface area contributed by atoms with Gasteiger partial charge in [-0.1, -0.05) is 12.2 Å². The molecule has 0 spiro atoms. The van der Waals surface area contributed by atoms with E-state index in [0.29, 0.717) is 24.1 Å². The fourth-order valence-corrected chi connectivity index (χ4v) is 2.91. The first kappa shape index (κ1) is 17.1. The van der Waals surface area contributed by atoms with Crippen LogP contribution in [0.1, 0.15) is 37.9 Å². The van der Waals surface area contributed by atoms with E-state index in [2.05, 4.69) is 43.0 Å². The first-order chi connectivity index (χ1) is 12.3. The highest BCUT2D eigenvalue weighted by molar-refractivity contribution is 5.73. The minimum atomic E-state index is -0.167. The van der Waals surface area contributed by atoms with Crippen molar-refractivity contribution in [2.24, 2.45) is 5.92 Å². The van der Waals surface area contributed by atoms with Crippen molar-refractivity contribution < 1.29 is 4.79 Å². The summed E-state index contributed by atoms with van der Waals surface area (Å²) in [7, 11) is 0. The number of carbonyl (C=O) groups excluding carboxylic acids is 1. The fourth-order valence-electron chi connectivity index (χ4n) is 2.91. The quantitative estimate of drug-likeness (QED) is 0.729. The van der Waals surface area contributed by atoms with E-state index < -0.39 is 0 Å². The lowest BCUT2D eigenvalue weighted by Crippen LogP contribution is -2.38. The Morgan fingerprint density at radius 1 is 1.16 bits per heavy atom. The Bertz CT molecular complexity index is 697. The van der Waals surface area contributed by atoms with Crippen LogP contribution < -0.4 is 10.6 Å². The third kappa shape index (κ3) is 5.41. The van der Waals surface area contributed by atoms with E-state index in [1.54, 1.807) is 12.4 Å². The molecule has 132 valence electrons. The number of amides is 2. The van der Waals surface area contributed by atoms with Gasteiger partial charge in [0.15, 0.2) is 5.82 Å². The van der Waals surface area contributed by atoms with Gasteiger partial charge in [-0.3, -0.25) is 10.1 Å². The molecule has 2 heterocycles. The number of hydrogen-bond donors (Lipinski definition) is 3. The van der Waals surface area contributed by atoms with Crippen LogP contribution in [0, 0.1) is 5.92 Å². The van der Waals surface area contributed by atoms with E-state index in [4.69, 9.17) is 0 Å². The van der Waals surface area contributed by atoms with Crippen molar-refractivity contribution >= 4 is 6.03 Å². The highest BCUT2D eigenvalue weighted by atomic mass is 16.2. The fraction of sp³-hybridized carbons (Fsp3) is 0.444. The minimum Gasteiger partial charge on any atom is -0.338 e. The van der Waals surface area contributed by atoms with Gasteiger partial charge in [-0.25, -0.2) is 9.78 Å². The molecule has 0 bridgehead atoms. The molecule has 2 aromatic rings. The second-order valence-corrected chi connectivity index (χ2v) is 6.25. The summed E-state index contributed by atoms with van der Waals surface area (Å²) in [6.07, 6.45) is 13.6. The summed E-state index contributed by atoms with van der Waals surface area (Å²) in [5, 5.41) is 12.8. The average Bonchev–Trinajstić information content (AvgIpc) is 3.09. The summed E-state index contributed by atoms with van der Waals surface area (Å²) in [5.74, 6) is 1.78. The molecule has 0 fully saturated rings. The molecule has 0 aliphatic heterocycles. The third-order valence-corrected chi connectivity index (χ3v) is 4.33. The lowest BCUT2D eigenvalue weighted by atomic mass is 9.94. The normalized spacial score (nSPS) is 18.8. The molecular weight excluding hydrogens is 316 g/mol. The van der Waals surface area contributed by atoms with Crippen LogP contribution in [0.3, 0.4) is 0 Å². The number of nitrogens with zero attached hydrogens (tertiary/aromatic N) is 3. The maximum absolute atomic E-state index is 12.0. The summed E-state index contributed by atoms with van der Waals surface area (Å²) >= 11 is 0. The molecule has 2 aromatic heterocycles.